The first kappa shape index (κ1) is 11.1. The van der Waals surface area contributed by atoms with Gasteiger partial charge in [-0.05, 0) is 28.9 Å². The number of carbonyl (C=O) groups is 1. The predicted molar refractivity (Wildman–Crippen MR) is 64.2 cm³/mol. The average molecular weight is 290 g/mol. The van der Waals surface area contributed by atoms with Crippen LogP contribution < -0.4 is 0 Å². The molecule has 0 saturated carbocycles. The Labute approximate surface area is 101 Å². The molecule has 0 aliphatic carbocycles. The summed E-state index contributed by atoms with van der Waals surface area (Å²) in [5, 5.41) is 0. The van der Waals surface area contributed by atoms with Gasteiger partial charge in [0.15, 0.2) is 4.67 Å². The van der Waals surface area contributed by atoms with Crippen LogP contribution in [-0.4, -0.2) is 34.9 Å². The van der Waals surface area contributed by atoms with E-state index in [1.807, 2.05) is 16.7 Å². The van der Waals surface area contributed by atoms with Gasteiger partial charge < -0.3 is 9.32 Å². The largest absolute Gasteiger partial charge is 0.457 e. The van der Waals surface area contributed by atoms with Crippen LogP contribution in [0.25, 0.3) is 0 Å². The quantitative estimate of drug-likeness (QED) is 0.797. The van der Waals surface area contributed by atoms with Gasteiger partial charge in [-0.15, -0.1) is 0 Å². The number of furan rings is 1. The summed E-state index contributed by atoms with van der Waals surface area (Å²) in [7, 11) is 0. The van der Waals surface area contributed by atoms with Crippen LogP contribution in [0.15, 0.2) is 21.4 Å². The molecular weight excluding hydrogens is 278 g/mol. The Bertz CT molecular complexity index is 366. The Balaban J connectivity index is 2.17. The standard InChI is InChI=1S/C10H12BrNO2S/c1-7-6-15-5-3-12(7)10(13)8-2-4-14-9(8)11/h2,4,7H,3,5-6H2,1H3. The van der Waals surface area contributed by atoms with Gasteiger partial charge in [0.25, 0.3) is 5.91 Å². The van der Waals surface area contributed by atoms with Gasteiger partial charge >= 0.3 is 0 Å². The molecule has 1 aliphatic rings. The van der Waals surface area contributed by atoms with E-state index in [2.05, 4.69) is 22.9 Å². The van der Waals surface area contributed by atoms with Crippen molar-refractivity contribution >= 4 is 33.6 Å². The molecule has 1 aromatic heterocycles. The molecule has 5 heteroatoms. The van der Waals surface area contributed by atoms with Crippen molar-refractivity contribution in [1.82, 2.24) is 4.90 Å². The Morgan fingerprint density at radius 2 is 2.53 bits per heavy atom. The maximum absolute atomic E-state index is 12.1. The van der Waals surface area contributed by atoms with Crippen molar-refractivity contribution in [1.29, 1.82) is 0 Å². The minimum Gasteiger partial charge on any atom is -0.457 e. The Morgan fingerprint density at radius 3 is 3.13 bits per heavy atom. The van der Waals surface area contributed by atoms with Crippen LogP contribution in [-0.2, 0) is 0 Å². The third-order valence-corrected chi connectivity index (χ3v) is 4.28. The van der Waals surface area contributed by atoms with Crippen molar-refractivity contribution in [3.63, 3.8) is 0 Å². The second-order valence-corrected chi connectivity index (χ2v) is 5.40. The molecule has 1 saturated heterocycles. The van der Waals surface area contributed by atoms with E-state index in [1.165, 1.54) is 6.26 Å². The topological polar surface area (TPSA) is 33.5 Å². The molecule has 0 spiro atoms. The van der Waals surface area contributed by atoms with Gasteiger partial charge in [-0.25, -0.2) is 0 Å². The monoisotopic (exact) mass is 289 g/mol. The SMILES string of the molecule is CC1CSCCN1C(=O)c1ccoc1Br. The van der Waals surface area contributed by atoms with E-state index in [4.69, 9.17) is 4.42 Å². The second-order valence-electron chi connectivity index (χ2n) is 3.53. The van der Waals surface area contributed by atoms with Gasteiger partial charge in [0.1, 0.15) is 0 Å². The molecule has 15 heavy (non-hydrogen) atoms. The summed E-state index contributed by atoms with van der Waals surface area (Å²) in [5.41, 5.74) is 0.619. The highest BCUT2D eigenvalue weighted by Crippen LogP contribution is 2.23. The first-order valence-corrected chi connectivity index (χ1v) is 6.76. The highest BCUT2D eigenvalue weighted by Gasteiger charge is 2.26. The Hall–Kier alpha value is -0.420. The van der Waals surface area contributed by atoms with Gasteiger partial charge in [-0.3, -0.25) is 4.79 Å². The van der Waals surface area contributed by atoms with Crippen LogP contribution in [0.4, 0.5) is 0 Å². The number of hydrogen-bond donors (Lipinski definition) is 0. The van der Waals surface area contributed by atoms with E-state index in [1.54, 1.807) is 6.07 Å². The van der Waals surface area contributed by atoms with Crippen LogP contribution in [0.1, 0.15) is 17.3 Å². The van der Waals surface area contributed by atoms with E-state index in [-0.39, 0.29) is 5.91 Å². The summed E-state index contributed by atoms with van der Waals surface area (Å²) in [6, 6.07) is 2.01. The zero-order valence-electron chi connectivity index (χ0n) is 8.40. The van der Waals surface area contributed by atoms with Crippen LogP contribution >= 0.6 is 27.7 Å². The van der Waals surface area contributed by atoms with Crippen LogP contribution in [0.5, 0.6) is 0 Å². The molecule has 1 fully saturated rings. The molecule has 1 aliphatic heterocycles. The molecule has 3 nitrogen and oxygen atoms in total. The van der Waals surface area contributed by atoms with Crippen molar-refractivity contribution in [2.75, 3.05) is 18.1 Å². The Morgan fingerprint density at radius 1 is 1.73 bits per heavy atom. The molecule has 0 aromatic carbocycles. The van der Waals surface area contributed by atoms with Crippen LogP contribution in [0.2, 0.25) is 0 Å². The second kappa shape index (κ2) is 4.61. The number of halogens is 1. The molecule has 0 bridgehead atoms. The van der Waals surface area contributed by atoms with Gasteiger partial charge in [0.2, 0.25) is 0 Å². The summed E-state index contributed by atoms with van der Waals surface area (Å²) in [6.45, 7) is 2.90. The van der Waals surface area contributed by atoms with E-state index in [0.717, 1.165) is 18.1 Å². The lowest BCUT2D eigenvalue weighted by Gasteiger charge is -2.32. The molecule has 1 amide bonds. The maximum atomic E-state index is 12.1. The summed E-state index contributed by atoms with van der Waals surface area (Å²) in [6.07, 6.45) is 1.53. The van der Waals surface area contributed by atoms with Crippen molar-refractivity contribution in [3.05, 3.63) is 22.6 Å². The van der Waals surface area contributed by atoms with E-state index >= 15 is 0 Å². The third kappa shape index (κ3) is 2.23. The molecular formula is C10H12BrNO2S. The highest BCUT2D eigenvalue weighted by molar-refractivity contribution is 9.10. The van der Waals surface area contributed by atoms with Crippen LogP contribution in [0, 0.1) is 0 Å². The first-order valence-electron chi connectivity index (χ1n) is 4.82. The summed E-state index contributed by atoms with van der Waals surface area (Å²) in [4.78, 5) is 14.0. The third-order valence-electron chi connectivity index (χ3n) is 2.48. The van der Waals surface area contributed by atoms with Crippen molar-refractivity contribution in [2.45, 2.75) is 13.0 Å². The molecule has 0 N–H and O–H groups in total. The molecule has 1 atom stereocenters. The predicted octanol–water partition coefficient (Wildman–Crippen LogP) is 2.62. The molecule has 1 aromatic rings. The maximum Gasteiger partial charge on any atom is 0.258 e. The molecule has 82 valence electrons. The van der Waals surface area contributed by atoms with E-state index in [0.29, 0.717) is 16.3 Å². The van der Waals surface area contributed by atoms with Crippen molar-refractivity contribution in [2.24, 2.45) is 0 Å². The molecule has 2 heterocycles. The summed E-state index contributed by atoms with van der Waals surface area (Å²) >= 11 is 5.13. The number of nitrogens with zero attached hydrogens (tertiary/aromatic N) is 1. The van der Waals surface area contributed by atoms with Crippen molar-refractivity contribution in [3.8, 4) is 0 Å². The zero-order valence-corrected chi connectivity index (χ0v) is 10.8. The lowest BCUT2D eigenvalue weighted by Crippen LogP contribution is -2.44. The lowest BCUT2D eigenvalue weighted by molar-refractivity contribution is 0.0714. The van der Waals surface area contributed by atoms with E-state index in [9.17, 15) is 4.79 Å². The zero-order chi connectivity index (χ0) is 10.8. The number of carbonyl (C=O) groups excluding carboxylic acids is 1. The normalized spacial score (nSPS) is 21.7. The van der Waals surface area contributed by atoms with Crippen molar-refractivity contribution < 1.29 is 9.21 Å². The van der Waals surface area contributed by atoms with E-state index < -0.39 is 0 Å². The molecule has 1 unspecified atom stereocenters. The average Bonchev–Trinajstić information content (AvgIpc) is 2.64. The smallest absolute Gasteiger partial charge is 0.258 e. The minimum atomic E-state index is 0.0587. The molecule has 0 radical (unpaired) electrons. The fourth-order valence-electron chi connectivity index (χ4n) is 1.63. The summed E-state index contributed by atoms with van der Waals surface area (Å²) in [5.74, 6) is 2.09. The number of rotatable bonds is 1. The fourth-order valence-corrected chi connectivity index (χ4v) is 3.05. The number of amides is 1. The summed E-state index contributed by atoms with van der Waals surface area (Å²) < 4.78 is 5.60. The number of hydrogen-bond acceptors (Lipinski definition) is 3. The van der Waals surface area contributed by atoms with Crippen LogP contribution in [0.3, 0.4) is 0 Å². The van der Waals surface area contributed by atoms with Gasteiger partial charge in [0.05, 0.1) is 11.8 Å². The minimum absolute atomic E-state index is 0.0587. The highest BCUT2D eigenvalue weighted by atomic mass is 79.9. The van der Waals surface area contributed by atoms with Gasteiger partial charge in [-0.1, -0.05) is 0 Å². The number of thioether (sulfide) groups is 1. The van der Waals surface area contributed by atoms with Gasteiger partial charge in [-0.2, -0.15) is 11.8 Å². The fraction of sp³-hybridized carbons (Fsp3) is 0.500. The van der Waals surface area contributed by atoms with Gasteiger partial charge in [0, 0.05) is 24.1 Å². The first-order chi connectivity index (χ1) is 7.20. The lowest BCUT2D eigenvalue weighted by atomic mass is 10.2. The molecule has 2 rings (SSSR count). The Kier molecular flexibility index (Phi) is 3.41.